The number of likely N-dealkylation sites (tertiary alicyclic amines) is 1. The van der Waals surface area contributed by atoms with Gasteiger partial charge < -0.3 is 10.6 Å². The number of amides is 2. The van der Waals surface area contributed by atoms with E-state index in [-0.39, 0.29) is 17.3 Å². The Morgan fingerprint density at radius 1 is 1.03 bits per heavy atom. The number of benzene rings is 2. The van der Waals surface area contributed by atoms with Crippen molar-refractivity contribution < 1.29 is 9.59 Å². The number of aromatic nitrogens is 2. The highest BCUT2D eigenvalue weighted by atomic mass is 16.2. The highest BCUT2D eigenvalue weighted by Gasteiger charge is 2.31. The Balaban J connectivity index is 1.55. The topological polar surface area (TPSA) is 81.2 Å². The first-order chi connectivity index (χ1) is 14.0. The fraction of sp³-hybridized carbons (Fsp3) is 0.261. The fourth-order valence-corrected chi connectivity index (χ4v) is 4.11. The molecule has 6 heteroatoms. The largest absolute Gasteiger partial charge is 0.364 e. The van der Waals surface area contributed by atoms with Gasteiger partial charge in [0.05, 0.1) is 5.69 Å². The molecular weight excluding hydrogens is 364 g/mol. The second-order valence-electron chi connectivity index (χ2n) is 7.56. The van der Waals surface area contributed by atoms with Crippen LogP contribution in [0, 0.1) is 5.92 Å². The summed E-state index contributed by atoms with van der Waals surface area (Å²) in [7, 11) is 0. The van der Waals surface area contributed by atoms with Crippen molar-refractivity contribution in [2.45, 2.75) is 19.3 Å². The van der Waals surface area contributed by atoms with Crippen LogP contribution >= 0.6 is 0 Å². The predicted molar refractivity (Wildman–Crippen MR) is 111 cm³/mol. The predicted octanol–water partition coefficient (Wildman–Crippen LogP) is 3.24. The molecule has 29 heavy (non-hydrogen) atoms. The number of hydrogen-bond acceptors (Lipinski definition) is 3. The standard InChI is InChI=1S/C23H24N4O2/c1-16-15-26(13-12-19(16)17-8-4-2-5-9-17)23(29)20-14-21(22(24)28)27(25-20)18-10-6-3-7-11-18/h2-11,14,16,19H,12-13,15H2,1H3,(H2,24,28). The van der Waals surface area contributed by atoms with E-state index in [1.165, 1.54) is 16.3 Å². The first kappa shape index (κ1) is 18.9. The van der Waals surface area contributed by atoms with E-state index in [9.17, 15) is 9.59 Å². The monoisotopic (exact) mass is 388 g/mol. The summed E-state index contributed by atoms with van der Waals surface area (Å²) in [4.78, 5) is 26.8. The summed E-state index contributed by atoms with van der Waals surface area (Å²) in [6, 6.07) is 21.1. The van der Waals surface area contributed by atoms with Crippen LogP contribution in [0.4, 0.5) is 0 Å². The van der Waals surface area contributed by atoms with Crippen molar-refractivity contribution in [3.8, 4) is 5.69 Å². The van der Waals surface area contributed by atoms with Gasteiger partial charge in [-0.25, -0.2) is 4.68 Å². The minimum Gasteiger partial charge on any atom is -0.364 e. The number of nitrogens with two attached hydrogens (primary N) is 1. The normalized spacial score (nSPS) is 19.1. The number of piperidine rings is 1. The lowest BCUT2D eigenvalue weighted by Gasteiger charge is -2.37. The van der Waals surface area contributed by atoms with E-state index >= 15 is 0 Å². The molecule has 1 fully saturated rings. The van der Waals surface area contributed by atoms with Crippen LogP contribution in [0.25, 0.3) is 5.69 Å². The quantitative estimate of drug-likeness (QED) is 0.745. The molecule has 2 heterocycles. The average molecular weight is 388 g/mol. The molecule has 2 aromatic carbocycles. The van der Waals surface area contributed by atoms with Crippen LogP contribution in [0.2, 0.25) is 0 Å². The second-order valence-corrected chi connectivity index (χ2v) is 7.56. The second kappa shape index (κ2) is 7.91. The third kappa shape index (κ3) is 3.78. The molecule has 1 aliphatic heterocycles. The maximum Gasteiger partial charge on any atom is 0.274 e. The van der Waals surface area contributed by atoms with Crippen LogP contribution in [0.3, 0.4) is 0 Å². The molecular formula is C23H24N4O2. The number of carbonyl (C=O) groups excluding carboxylic acids is 2. The number of nitrogens with zero attached hydrogens (tertiary/aromatic N) is 3. The minimum atomic E-state index is -0.614. The van der Waals surface area contributed by atoms with Crippen LogP contribution in [-0.2, 0) is 0 Å². The Labute approximate surface area is 169 Å². The summed E-state index contributed by atoms with van der Waals surface area (Å²) in [5, 5.41) is 4.40. The van der Waals surface area contributed by atoms with E-state index in [1.54, 1.807) is 0 Å². The third-order valence-electron chi connectivity index (χ3n) is 5.60. The molecule has 2 unspecified atom stereocenters. The van der Waals surface area contributed by atoms with E-state index in [2.05, 4.69) is 36.3 Å². The summed E-state index contributed by atoms with van der Waals surface area (Å²) >= 11 is 0. The molecule has 0 spiro atoms. The van der Waals surface area contributed by atoms with Crippen molar-refractivity contribution >= 4 is 11.8 Å². The van der Waals surface area contributed by atoms with E-state index in [0.717, 1.165) is 6.42 Å². The average Bonchev–Trinajstić information content (AvgIpc) is 3.20. The molecule has 0 bridgehead atoms. The van der Waals surface area contributed by atoms with E-state index in [0.29, 0.717) is 30.6 Å². The first-order valence-corrected chi connectivity index (χ1v) is 9.84. The number of primary amides is 1. The molecule has 0 aliphatic carbocycles. The zero-order valence-corrected chi connectivity index (χ0v) is 16.4. The summed E-state index contributed by atoms with van der Waals surface area (Å²) in [6.07, 6.45) is 0.902. The highest BCUT2D eigenvalue weighted by molar-refractivity contribution is 5.97. The van der Waals surface area contributed by atoms with Gasteiger partial charge in [0, 0.05) is 19.2 Å². The molecule has 6 nitrogen and oxygen atoms in total. The maximum absolute atomic E-state index is 13.1. The van der Waals surface area contributed by atoms with Gasteiger partial charge >= 0.3 is 0 Å². The lowest BCUT2D eigenvalue weighted by atomic mass is 9.81. The van der Waals surface area contributed by atoms with E-state index in [1.807, 2.05) is 41.3 Å². The Bertz CT molecular complexity index is 1010. The fourth-order valence-electron chi connectivity index (χ4n) is 4.11. The van der Waals surface area contributed by atoms with Crippen molar-refractivity contribution in [1.29, 1.82) is 0 Å². The van der Waals surface area contributed by atoms with Gasteiger partial charge in [0.2, 0.25) is 0 Å². The summed E-state index contributed by atoms with van der Waals surface area (Å²) in [5.41, 5.74) is 7.98. The molecule has 1 saturated heterocycles. The minimum absolute atomic E-state index is 0.166. The number of para-hydroxylation sites is 1. The van der Waals surface area contributed by atoms with Gasteiger partial charge in [0.25, 0.3) is 11.8 Å². The molecule has 2 atom stereocenters. The molecule has 0 saturated carbocycles. The van der Waals surface area contributed by atoms with Gasteiger partial charge in [-0.1, -0.05) is 55.5 Å². The van der Waals surface area contributed by atoms with E-state index in [4.69, 9.17) is 5.73 Å². The van der Waals surface area contributed by atoms with Crippen LogP contribution in [0.1, 0.15) is 45.8 Å². The molecule has 2 N–H and O–H groups in total. The first-order valence-electron chi connectivity index (χ1n) is 9.84. The van der Waals surface area contributed by atoms with Crippen LogP contribution < -0.4 is 5.73 Å². The van der Waals surface area contributed by atoms with Gasteiger partial charge in [-0.05, 0) is 36.0 Å². The van der Waals surface area contributed by atoms with Gasteiger partial charge in [0.1, 0.15) is 5.69 Å². The van der Waals surface area contributed by atoms with Gasteiger partial charge in [-0.2, -0.15) is 5.10 Å². The van der Waals surface area contributed by atoms with Gasteiger partial charge in [-0.3, -0.25) is 9.59 Å². The Morgan fingerprint density at radius 2 is 1.69 bits per heavy atom. The summed E-state index contributed by atoms with van der Waals surface area (Å²) < 4.78 is 1.44. The Hall–Kier alpha value is -3.41. The Morgan fingerprint density at radius 3 is 2.31 bits per heavy atom. The van der Waals surface area contributed by atoms with Crippen LogP contribution in [0.5, 0.6) is 0 Å². The van der Waals surface area contributed by atoms with Crippen molar-refractivity contribution in [1.82, 2.24) is 14.7 Å². The molecule has 1 aromatic heterocycles. The van der Waals surface area contributed by atoms with Crippen molar-refractivity contribution in [2.24, 2.45) is 11.7 Å². The number of carbonyl (C=O) groups is 2. The zero-order chi connectivity index (χ0) is 20.4. The van der Waals surface area contributed by atoms with E-state index < -0.39 is 5.91 Å². The van der Waals surface area contributed by atoms with Crippen LogP contribution in [0.15, 0.2) is 66.7 Å². The third-order valence-corrected chi connectivity index (χ3v) is 5.60. The molecule has 2 amide bonds. The number of rotatable bonds is 4. The van der Waals surface area contributed by atoms with Gasteiger partial charge in [-0.15, -0.1) is 0 Å². The lowest BCUT2D eigenvalue weighted by molar-refractivity contribution is 0.0654. The maximum atomic E-state index is 13.1. The molecule has 3 aromatic rings. The zero-order valence-electron chi connectivity index (χ0n) is 16.4. The van der Waals surface area contributed by atoms with Crippen LogP contribution in [-0.4, -0.2) is 39.6 Å². The van der Waals surface area contributed by atoms with Crippen molar-refractivity contribution in [3.05, 3.63) is 83.7 Å². The SMILES string of the molecule is CC1CN(C(=O)c2cc(C(N)=O)n(-c3ccccc3)n2)CCC1c1ccccc1. The van der Waals surface area contributed by atoms with Gasteiger partial charge in [0.15, 0.2) is 5.69 Å². The number of hydrogen-bond donors (Lipinski definition) is 1. The summed E-state index contributed by atoms with van der Waals surface area (Å²) in [6.45, 7) is 3.49. The smallest absolute Gasteiger partial charge is 0.274 e. The van der Waals surface area contributed by atoms with Crippen molar-refractivity contribution in [2.75, 3.05) is 13.1 Å². The highest BCUT2D eigenvalue weighted by Crippen LogP contribution is 2.33. The Kier molecular flexibility index (Phi) is 5.16. The lowest BCUT2D eigenvalue weighted by Crippen LogP contribution is -2.42. The molecule has 1 aliphatic rings. The molecule has 0 radical (unpaired) electrons. The molecule has 148 valence electrons. The summed E-state index contributed by atoms with van der Waals surface area (Å²) in [5.74, 6) is -0.0117. The molecule has 4 rings (SSSR count). The van der Waals surface area contributed by atoms with Crippen molar-refractivity contribution in [3.63, 3.8) is 0 Å².